The largest absolute Gasteiger partial charge is 0.256 e. The first-order valence-electron chi connectivity index (χ1n) is 22.7. The molecule has 0 aliphatic carbocycles. The molecule has 0 radical (unpaired) electrons. The van der Waals surface area contributed by atoms with E-state index in [1.165, 1.54) is 5.56 Å². The number of rotatable bonds is 12. The molecule has 0 bridgehead atoms. The molecule has 0 aliphatic heterocycles. The first-order chi connectivity index (χ1) is 32.4. The van der Waals surface area contributed by atoms with Crippen LogP contribution in [0, 0.1) is 0 Å². The van der Waals surface area contributed by atoms with Gasteiger partial charge in [-0.25, -0.2) is 0 Å². The lowest BCUT2D eigenvalue weighted by atomic mass is 9.80. The summed E-state index contributed by atoms with van der Waals surface area (Å²) >= 11 is 0. The monoisotopic (exact) mass is 851 g/mol. The summed E-state index contributed by atoms with van der Waals surface area (Å²) in [5.41, 5.74) is 20.0. The zero-order valence-corrected chi connectivity index (χ0v) is 37.4. The fourth-order valence-electron chi connectivity index (χ4n) is 9.07. The van der Waals surface area contributed by atoms with Gasteiger partial charge in [0.05, 0.1) is 28.5 Å². The molecule has 0 fully saturated rings. The predicted molar refractivity (Wildman–Crippen MR) is 272 cm³/mol. The molecule has 0 atom stereocenters. The summed E-state index contributed by atoms with van der Waals surface area (Å²) in [5.74, 6) is 0. The molecular formula is C61H49N5. The topological polar surface area (TPSA) is 64.5 Å². The Morgan fingerprint density at radius 1 is 0.318 bits per heavy atom. The Balaban J connectivity index is 1.09. The van der Waals surface area contributed by atoms with Gasteiger partial charge in [0.1, 0.15) is 0 Å². The zero-order valence-electron chi connectivity index (χ0n) is 37.4. The molecule has 0 spiro atoms. The number of benzene rings is 5. The maximum atomic E-state index is 5.01. The molecule has 5 aromatic carbocycles. The molecule has 0 unspecified atom stereocenters. The molecule has 0 N–H and O–H groups in total. The van der Waals surface area contributed by atoms with Crippen LogP contribution in [-0.4, -0.2) is 24.9 Å². The Morgan fingerprint density at radius 2 is 0.727 bits per heavy atom. The van der Waals surface area contributed by atoms with Crippen LogP contribution < -0.4 is 0 Å². The van der Waals surface area contributed by atoms with Crippen LogP contribution in [0.15, 0.2) is 219 Å². The number of aromatic nitrogens is 5. The van der Waals surface area contributed by atoms with Crippen molar-refractivity contribution in [2.45, 2.75) is 39.0 Å². The molecule has 0 amide bonds. The van der Waals surface area contributed by atoms with Gasteiger partial charge >= 0.3 is 0 Å². The lowest BCUT2D eigenvalue weighted by molar-refractivity contribution is 0.473. The van der Waals surface area contributed by atoms with Gasteiger partial charge in [-0.3, -0.25) is 24.9 Å². The van der Waals surface area contributed by atoms with Crippen molar-refractivity contribution in [2.75, 3.05) is 0 Å². The maximum absolute atomic E-state index is 5.01. The molecule has 5 heterocycles. The van der Waals surface area contributed by atoms with Gasteiger partial charge in [-0.2, -0.15) is 0 Å². The molecule has 0 aliphatic rings. The third-order valence-corrected chi connectivity index (χ3v) is 12.6. The summed E-state index contributed by atoms with van der Waals surface area (Å²) in [7, 11) is 0. The summed E-state index contributed by atoms with van der Waals surface area (Å²) in [6, 6.07) is 66.4. The minimum Gasteiger partial charge on any atom is -0.256 e. The molecule has 0 saturated carbocycles. The second-order valence-corrected chi connectivity index (χ2v) is 17.4. The Hall–Kier alpha value is -8.15. The van der Waals surface area contributed by atoms with E-state index < -0.39 is 0 Å². The van der Waals surface area contributed by atoms with Crippen LogP contribution in [0.1, 0.15) is 39.2 Å². The van der Waals surface area contributed by atoms with Gasteiger partial charge in [-0.15, -0.1) is 0 Å². The average Bonchev–Trinajstić information content (AvgIpc) is 3.39. The summed E-state index contributed by atoms with van der Waals surface area (Å²) in [6.07, 6.45) is 11.7. The number of nitrogens with zero attached hydrogens (tertiary/aromatic N) is 5. The Kier molecular flexibility index (Phi) is 11.7. The second kappa shape index (κ2) is 18.5. The van der Waals surface area contributed by atoms with Crippen LogP contribution in [0.25, 0.3) is 101 Å². The number of hydrogen-bond acceptors (Lipinski definition) is 5. The molecule has 5 aromatic heterocycles. The fourth-order valence-corrected chi connectivity index (χ4v) is 9.07. The molecule has 5 heteroatoms. The van der Waals surface area contributed by atoms with Crippen LogP contribution in [0.2, 0.25) is 0 Å². The minimum absolute atomic E-state index is 0.0855. The first-order valence-corrected chi connectivity index (χ1v) is 22.7. The van der Waals surface area contributed by atoms with Gasteiger partial charge in [-0.1, -0.05) is 136 Å². The summed E-state index contributed by atoms with van der Waals surface area (Å²) in [5, 5.41) is 0. The van der Waals surface area contributed by atoms with Crippen molar-refractivity contribution >= 4 is 0 Å². The van der Waals surface area contributed by atoms with E-state index in [2.05, 4.69) is 182 Å². The van der Waals surface area contributed by atoms with Crippen LogP contribution in [0.3, 0.4) is 0 Å². The van der Waals surface area contributed by atoms with Crippen LogP contribution in [-0.2, 0) is 5.41 Å². The summed E-state index contributed by atoms with van der Waals surface area (Å²) < 4.78 is 0. The van der Waals surface area contributed by atoms with E-state index in [-0.39, 0.29) is 5.41 Å². The highest BCUT2D eigenvalue weighted by Gasteiger charge is 2.21. The minimum atomic E-state index is 0.0855. The SMILES string of the molecule is CCCC(C)(C)c1ccnc(-c2ccc(-c3ccccc3-c3cc(-c4ccccc4-c4ccc(-c5ccccn5)cn4)cc(-c4ccccc4-c4ccc(-c5ccccn5)cn4)c3)cc2)c1. The molecule has 66 heavy (non-hydrogen) atoms. The second-order valence-electron chi connectivity index (χ2n) is 17.4. The van der Waals surface area contributed by atoms with Gasteiger partial charge in [-0.05, 0) is 141 Å². The fraction of sp³-hybridized carbons (Fsp3) is 0.0984. The molecule has 0 saturated heterocycles. The molecule has 10 aromatic rings. The number of pyridine rings is 5. The molecule has 5 nitrogen and oxygen atoms in total. The highest BCUT2D eigenvalue weighted by molar-refractivity contribution is 5.93. The number of hydrogen-bond donors (Lipinski definition) is 0. The summed E-state index contributed by atoms with van der Waals surface area (Å²) in [6.45, 7) is 6.89. The standard InChI is InChI=1S/C61H49N5/c1-4-32-61(2,3)49-31-35-64-60(39-49)43-25-23-42(24-26-43)50-15-5-6-16-51(50)46-36-47(52-17-7-9-19-54(52)58-29-27-44(40-65-58)56-21-11-13-33-62-56)38-48(37-46)53-18-8-10-20-55(53)59-30-28-45(41-66-59)57-22-12-14-34-63-57/h5-31,33-41H,4,32H2,1-3H3. The van der Waals surface area contributed by atoms with Crippen molar-refractivity contribution < 1.29 is 0 Å². The Labute approximate surface area is 387 Å². The third-order valence-electron chi connectivity index (χ3n) is 12.6. The predicted octanol–water partition coefficient (Wildman–Crippen LogP) is 15.7. The van der Waals surface area contributed by atoms with Crippen molar-refractivity contribution in [1.29, 1.82) is 0 Å². The lowest BCUT2D eigenvalue weighted by Crippen LogP contribution is -2.16. The van der Waals surface area contributed by atoms with Crippen LogP contribution in [0.5, 0.6) is 0 Å². The van der Waals surface area contributed by atoms with E-state index in [0.29, 0.717) is 0 Å². The van der Waals surface area contributed by atoms with E-state index in [0.717, 1.165) is 114 Å². The van der Waals surface area contributed by atoms with E-state index in [1.807, 2.05) is 67.4 Å². The Morgan fingerprint density at radius 3 is 1.17 bits per heavy atom. The van der Waals surface area contributed by atoms with E-state index in [1.54, 1.807) is 0 Å². The van der Waals surface area contributed by atoms with E-state index >= 15 is 0 Å². The maximum Gasteiger partial charge on any atom is 0.0717 e. The van der Waals surface area contributed by atoms with Crippen molar-refractivity contribution in [2.24, 2.45) is 0 Å². The lowest BCUT2D eigenvalue weighted by Gasteiger charge is -2.25. The third kappa shape index (κ3) is 8.72. The molecule has 10 rings (SSSR count). The highest BCUT2D eigenvalue weighted by atomic mass is 14.7. The smallest absolute Gasteiger partial charge is 0.0717 e. The van der Waals surface area contributed by atoms with Gasteiger partial charge in [0.25, 0.3) is 0 Å². The molecule has 318 valence electrons. The van der Waals surface area contributed by atoms with Gasteiger partial charge in [0, 0.05) is 58.8 Å². The van der Waals surface area contributed by atoms with Gasteiger partial charge < -0.3 is 0 Å². The van der Waals surface area contributed by atoms with Crippen LogP contribution in [0.4, 0.5) is 0 Å². The normalized spacial score (nSPS) is 11.4. The van der Waals surface area contributed by atoms with Gasteiger partial charge in [0.15, 0.2) is 0 Å². The Bertz CT molecular complexity index is 3110. The van der Waals surface area contributed by atoms with Crippen LogP contribution >= 0.6 is 0 Å². The quantitative estimate of drug-likeness (QED) is 0.122. The highest BCUT2D eigenvalue weighted by Crippen LogP contribution is 2.42. The van der Waals surface area contributed by atoms with Crippen molar-refractivity contribution in [1.82, 2.24) is 24.9 Å². The zero-order chi connectivity index (χ0) is 44.9. The van der Waals surface area contributed by atoms with Crippen molar-refractivity contribution in [3.8, 4) is 101 Å². The molecular weight excluding hydrogens is 803 g/mol. The first kappa shape index (κ1) is 41.8. The summed E-state index contributed by atoms with van der Waals surface area (Å²) in [4.78, 5) is 23.9. The van der Waals surface area contributed by atoms with E-state index in [4.69, 9.17) is 15.0 Å². The average molecular weight is 852 g/mol. The van der Waals surface area contributed by atoms with Crippen molar-refractivity contribution in [3.63, 3.8) is 0 Å². The van der Waals surface area contributed by atoms with Gasteiger partial charge in [0.2, 0.25) is 0 Å². The van der Waals surface area contributed by atoms with Crippen molar-refractivity contribution in [3.05, 3.63) is 225 Å². The van der Waals surface area contributed by atoms with E-state index in [9.17, 15) is 0 Å².